The van der Waals surface area contributed by atoms with Crippen molar-refractivity contribution in [3.8, 4) is 11.5 Å². The second-order valence-corrected chi connectivity index (χ2v) is 17.6. The number of likely N-dealkylation sites (N-methyl/N-ethyl adjacent to an activating group) is 1. The summed E-state index contributed by atoms with van der Waals surface area (Å²) < 4.78 is 31.6. The first kappa shape index (κ1) is 42.9. The molecule has 2 fully saturated rings. The van der Waals surface area contributed by atoms with E-state index in [-0.39, 0.29) is 54.0 Å². The van der Waals surface area contributed by atoms with E-state index >= 15 is 0 Å². The molecule has 6 atom stereocenters. The summed E-state index contributed by atoms with van der Waals surface area (Å²) >= 11 is 0. The molecule has 13 heteroatoms. The molecule has 0 saturated carbocycles. The van der Waals surface area contributed by atoms with Crippen LogP contribution >= 0.6 is 0 Å². The molecule has 2 aliphatic heterocycles. The SMILES string of the molecule is CC[C@@H](C)C(=O)N[C@@H](CC)C(=O)N1CCC[C@H]1Cn1c(-c2[nH]c3cc(F)ccc3c2C[C@@H]2CCCN2C(=O)[C@@H](CC(=O)[C@H](C)NC)C(C)(C)C)nc2cc(F)ccc21. The zero-order chi connectivity index (χ0) is 42.1. The van der Waals surface area contributed by atoms with E-state index in [1.807, 2.05) is 62.8 Å². The number of aromatic amines is 1. The summed E-state index contributed by atoms with van der Waals surface area (Å²) in [5, 5.41) is 6.79. The lowest BCUT2D eigenvalue weighted by Gasteiger charge is -2.35. The highest BCUT2D eigenvalue weighted by Gasteiger charge is 2.41. The number of hydrogen-bond acceptors (Lipinski definition) is 6. The highest BCUT2D eigenvalue weighted by Crippen LogP contribution is 2.38. The van der Waals surface area contributed by atoms with Crippen LogP contribution < -0.4 is 10.6 Å². The molecular weight excluding hydrogens is 741 g/mol. The number of carbonyl (C=O) groups is 4. The molecule has 2 aromatic carbocycles. The van der Waals surface area contributed by atoms with Gasteiger partial charge in [-0.25, -0.2) is 13.8 Å². The number of nitrogens with zero attached hydrogens (tertiary/aromatic N) is 4. The van der Waals surface area contributed by atoms with Gasteiger partial charge in [0.25, 0.3) is 0 Å². The minimum Gasteiger partial charge on any atom is -0.352 e. The highest BCUT2D eigenvalue weighted by molar-refractivity contribution is 5.93. The van der Waals surface area contributed by atoms with Gasteiger partial charge in [0.2, 0.25) is 17.7 Å². The zero-order valence-corrected chi connectivity index (χ0v) is 35.4. The van der Waals surface area contributed by atoms with Gasteiger partial charge in [0.05, 0.1) is 22.8 Å². The largest absolute Gasteiger partial charge is 0.352 e. The van der Waals surface area contributed by atoms with Crippen LogP contribution in [0.5, 0.6) is 0 Å². The highest BCUT2D eigenvalue weighted by atomic mass is 19.1. The predicted octanol–water partition coefficient (Wildman–Crippen LogP) is 7.16. The number of aromatic nitrogens is 3. The Kier molecular flexibility index (Phi) is 13.1. The van der Waals surface area contributed by atoms with Crippen LogP contribution in [0.15, 0.2) is 36.4 Å². The Bertz CT molecular complexity index is 2160. The number of H-pyrrole nitrogens is 1. The van der Waals surface area contributed by atoms with E-state index in [2.05, 4.69) is 15.6 Å². The molecule has 3 N–H and O–H groups in total. The first-order chi connectivity index (χ1) is 27.6. The molecule has 58 heavy (non-hydrogen) atoms. The number of nitrogens with one attached hydrogen (secondary N) is 3. The van der Waals surface area contributed by atoms with Crippen molar-refractivity contribution in [3.63, 3.8) is 0 Å². The van der Waals surface area contributed by atoms with Gasteiger partial charge in [-0.05, 0) is 100 Å². The van der Waals surface area contributed by atoms with Crippen molar-refractivity contribution in [1.82, 2.24) is 35.0 Å². The lowest BCUT2D eigenvalue weighted by atomic mass is 9.76. The van der Waals surface area contributed by atoms with Crippen LogP contribution in [0.2, 0.25) is 0 Å². The standard InChI is InChI=1S/C45H61F2N7O4/c1-9-26(3)42(56)51-35(10-2)44(58)53-20-12-14-31(53)25-54-38-18-16-29(47)22-37(38)50-41(54)40-33(32-17-15-28(46)21-36(32)49-40)23-30-13-11-19-52(30)43(57)34(45(5,6)7)24-39(55)27(4)48-8/h15-18,21-22,26-27,30-31,34-35,48-49H,9-14,19-20,23-25H2,1-8H3,(H,51,56)/t26-,27+,30+,31+,34-,35+/m1/s1. The maximum absolute atomic E-state index is 14.8. The molecule has 4 aromatic rings. The lowest BCUT2D eigenvalue weighted by molar-refractivity contribution is -0.143. The van der Waals surface area contributed by atoms with Crippen molar-refractivity contribution in [1.29, 1.82) is 0 Å². The van der Waals surface area contributed by atoms with Crippen LogP contribution in [0.25, 0.3) is 33.5 Å². The summed E-state index contributed by atoms with van der Waals surface area (Å²) in [4.78, 5) is 66.8. The molecular formula is C45H61F2N7O4. The number of Topliss-reactive ketones (excluding diaryl/α,β-unsaturated/α-hetero) is 1. The number of imidazole rings is 1. The number of amides is 3. The third-order valence-corrected chi connectivity index (χ3v) is 12.7. The number of rotatable bonds is 15. The van der Waals surface area contributed by atoms with Gasteiger partial charge in [0.1, 0.15) is 23.5 Å². The normalized spacial score (nSPS) is 19.5. The predicted molar refractivity (Wildman–Crippen MR) is 223 cm³/mol. The summed E-state index contributed by atoms with van der Waals surface area (Å²) in [6.45, 7) is 15.0. The average Bonchev–Trinajstić information content (AvgIpc) is 4.00. The summed E-state index contributed by atoms with van der Waals surface area (Å²) in [6, 6.07) is 7.69. The minimum absolute atomic E-state index is 0.00797. The first-order valence-electron chi connectivity index (χ1n) is 21.1. The molecule has 0 aliphatic carbocycles. The minimum atomic E-state index is -0.648. The Labute approximate surface area is 340 Å². The number of halogens is 2. The third kappa shape index (κ3) is 8.84. The number of hydrogen-bond donors (Lipinski definition) is 3. The molecule has 0 bridgehead atoms. The van der Waals surface area contributed by atoms with E-state index in [1.165, 1.54) is 24.3 Å². The third-order valence-electron chi connectivity index (χ3n) is 12.7. The monoisotopic (exact) mass is 801 g/mol. The molecule has 4 heterocycles. The first-order valence-corrected chi connectivity index (χ1v) is 21.1. The van der Waals surface area contributed by atoms with Gasteiger partial charge in [-0.1, -0.05) is 41.5 Å². The number of likely N-dealkylation sites (tertiary alicyclic amines) is 2. The molecule has 2 aliphatic rings. The van der Waals surface area contributed by atoms with E-state index in [9.17, 15) is 28.0 Å². The van der Waals surface area contributed by atoms with Crippen molar-refractivity contribution < 1.29 is 28.0 Å². The maximum atomic E-state index is 14.8. The smallest absolute Gasteiger partial charge is 0.245 e. The van der Waals surface area contributed by atoms with Crippen molar-refractivity contribution in [2.24, 2.45) is 17.3 Å². The summed E-state index contributed by atoms with van der Waals surface area (Å²) in [6.07, 6.45) is 4.80. The second kappa shape index (κ2) is 17.7. The van der Waals surface area contributed by atoms with E-state index in [0.29, 0.717) is 67.0 Å². The van der Waals surface area contributed by atoms with E-state index in [4.69, 9.17) is 4.98 Å². The van der Waals surface area contributed by atoms with Gasteiger partial charge in [-0.15, -0.1) is 0 Å². The molecule has 3 amide bonds. The maximum Gasteiger partial charge on any atom is 0.245 e. The summed E-state index contributed by atoms with van der Waals surface area (Å²) in [5.41, 5.74) is 2.76. The summed E-state index contributed by atoms with van der Waals surface area (Å²) in [5.74, 6) is -1.34. The Morgan fingerprint density at radius 2 is 1.57 bits per heavy atom. The Morgan fingerprint density at radius 1 is 0.914 bits per heavy atom. The number of carbonyl (C=O) groups excluding carboxylic acids is 4. The average molecular weight is 802 g/mol. The van der Waals surface area contributed by atoms with Gasteiger partial charge in [-0.2, -0.15) is 0 Å². The second-order valence-electron chi connectivity index (χ2n) is 17.6. The van der Waals surface area contributed by atoms with Crippen molar-refractivity contribution in [2.75, 3.05) is 20.1 Å². The van der Waals surface area contributed by atoms with Gasteiger partial charge in [0, 0.05) is 66.9 Å². The van der Waals surface area contributed by atoms with Crippen LogP contribution in [-0.4, -0.2) is 92.1 Å². The fraction of sp³-hybridized carbons (Fsp3) is 0.578. The Balaban J connectivity index is 1.38. The fourth-order valence-corrected chi connectivity index (χ4v) is 8.75. The molecule has 314 valence electrons. The lowest BCUT2D eigenvalue weighted by Crippen LogP contribution is -2.51. The number of fused-ring (bicyclic) bond motifs is 2. The van der Waals surface area contributed by atoms with Crippen molar-refractivity contribution >= 4 is 45.4 Å². The van der Waals surface area contributed by atoms with Gasteiger partial charge in [0.15, 0.2) is 5.82 Å². The zero-order valence-electron chi connectivity index (χ0n) is 35.4. The van der Waals surface area contributed by atoms with Crippen molar-refractivity contribution in [3.05, 3.63) is 53.6 Å². The molecule has 2 aromatic heterocycles. The molecule has 0 unspecified atom stereocenters. The van der Waals surface area contributed by atoms with Crippen LogP contribution in [0.4, 0.5) is 8.78 Å². The van der Waals surface area contributed by atoms with Gasteiger partial charge >= 0.3 is 0 Å². The Morgan fingerprint density at radius 3 is 2.22 bits per heavy atom. The molecule has 6 rings (SSSR count). The van der Waals surface area contributed by atoms with Crippen LogP contribution in [0, 0.1) is 28.9 Å². The van der Waals surface area contributed by atoms with Crippen LogP contribution in [-0.2, 0) is 32.1 Å². The van der Waals surface area contributed by atoms with Crippen LogP contribution in [0.3, 0.4) is 0 Å². The summed E-state index contributed by atoms with van der Waals surface area (Å²) in [7, 11) is 1.74. The molecule has 0 spiro atoms. The van der Waals surface area contributed by atoms with E-state index in [0.717, 1.165) is 36.6 Å². The van der Waals surface area contributed by atoms with E-state index < -0.39 is 29.0 Å². The van der Waals surface area contributed by atoms with Gasteiger partial charge < -0.3 is 30.0 Å². The quantitative estimate of drug-likeness (QED) is 0.117. The topological polar surface area (TPSA) is 132 Å². The molecule has 0 radical (unpaired) electrons. The van der Waals surface area contributed by atoms with E-state index in [1.54, 1.807) is 19.2 Å². The van der Waals surface area contributed by atoms with Crippen LogP contribution in [0.1, 0.15) is 99.0 Å². The van der Waals surface area contributed by atoms with Gasteiger partial charge in [-0.3, -0.25) is 19.2 Å². The Hall–Kier alpha value is -4.65. The molecule has 2 saturated heterocycles. The number of benzene rings is 2. The molecule has 11 nitrogen and oxygen atoms in total. The number of ketones is 1. The fourth-order valence-electron chi connectivity index (χ4n) is 8.75. The van der Waals surface area contributed by atoms with Crippen molar-refractivity contribution in [2.45, 2.75) is 131 Å².